The molecule has 2 aliphatic rings. The molecule has 0 spiro atoms. The Balaban J connectivity index is 1.88. The van der Waals surface area contributed by atoms with Crippen LogP contribution >= 0.6 is 0 Å². The summed E-state index contributed by atoms with van der Waals surface area (Å²) < 4.78 is 5.42. The zero-order valence-electron chi connectivity index (χ0n) is 9.11. The van der Waals surface area contributed by atoms with Crippen LogP contribution in [0.15, 0.2) is 0 Å². The first-order valence-corrected chi connectivity index (χ1v) is 5.82. The average molecular weight is 198 g/mol. The van der Waals surface area contributed by atoms with E-state index in [2.05, 4.69) is 11.9 Å². The highest BCUT2D eigenvalue weighted by Gasteiger charge is 2.33. The molecular formula is C11H22N2O. The molecule has 1 heterocycles. The van der Waals surface area contributed by atoms with Crippen molar-refractivity contribution in [2.24, 2.45) is 11.7 Å². The van der Waals surface area contributed by atoms with Gasteiger partial charge < -0.3 is 10.5 Å². The quantitative estimate of drug-likeness (QED) is 0.727. The number of likely N-dealkylation sites (N-methyl/N-ethyl adjacent to an activating group) is 1. The third kappa shape index (κ3) is 1.95. The van der Waals surface area contributed by atoms with E-state index in [4.69, 9.17) is 10.5 Å². The molecule has 1 saturated heterocycles. The molecular weight excluding hydrogens is 176 g/mol. The topological polar surface area (TPSA) is 38.5 Å². The van der Waals surface area contributed by atoms with Gasteiger partial charge in [-0.2, -0.15) is 0 Å². The van der Waals surface area contributed by atoms with Crippen molar-refractivity contribution in [1.29, 1.82) is 0 Å². The first-order chi connectivity index (χ1) is 6.83. The predicted molar refractivity (Wildman–Crippen MR) is 57.2 cm³/mol. The molecule has 0 aromatic carbocycles. The van der Waals surface area contributed by atoms with Crippen LogP contribution in [0.4, 0.5) is 0 Å². The van der Waals surface area contributed by atoms with E-state index < -0.39 is 0 Å². The van der Waals surface area contributed by atoms with Crippen molar-refractivity contribution < 1.29 is 4.74 Å². The van der Waals surface area contributed by atoms with E-state index in [1.165, 1.54) is 25.7 Å². The molecule has 0 amide bonds. The second-order valence-corrected chi connectivity index (χ2v) is 4.68. The van der Waals surface area contributed by atoms with Crippen molar-refractivity contribution in [2.45, 2.75) is 37.8 Å². The Kier molecular flexibility index (Phi) is 3.42. The zero-order chi connectivity index (χ0) is 9.97. The molecule has 1 aliphatic heterocycles. The summed E-state index contributed by atoms with van der Waals surface area (Å²) in [7, 11) is 2.22. The maximum absolute atomic E-state index is 5.87. The highest BCUT2D eigenvalue weighted by Crippen LogP contribution is 2.32. The number of hydrogen-bond acceptors (Lipinski definition) is 3. The molecule has 2 fully saturated rings. The Labute approximate surface area is 86.6 Å². The second kappa shape index (κ2) is 4.60. The summed E-state index contributed by atoms with van der Waals surface area (Å²) in [6, 6.07) is 1.21. The summed E-state index contributed by atoms with van der Waals surface area (Å²) in [6.07, 6.45) is 5.33. The molecule has 0 bridgehead atoms. The van der Waals surface area contributed by atoms with Crippen LogP contribution in [0, 0.1) is 5.92 Å². The van der Waals surface area contributed by atoms with E-state index in [0.717, 1.165) is 25.7 Å². The van der Waals surface area contributed by atoms with Gasteiger partial charge in [0.15, 0.2) is 0 Å². The summed E-state index contributed by atoms with van der Waals surface area (Å²) in [5, 5.41) is 0. The molecule has 1 saturated carbocycles. The van der Waals surface area contributed by atoms with Gasteiger partial charge >= 0.3 is 0 Å². The van der Waals surface area contributed by atoms with Gasteiger partial charge in [0.2, 0.25) is 0 Å². The molecule has 0 radical (unpaired) electrons. The van der Waals surface area contributed by atoms with Crippen LogP contribution in [-0.2, 0) is 4.74 Å². The van der Waals surface area contributed by atoms with Crippen LogP contribution in [0.25, 0.3) is 0 Å². The molecule has 14 heavy (non-hydrogen) atoms. The highest BCUT2D eigenvalue weighted by molar-refractivity contribution is 4.88. The van der Waals surface area contributed by atoms with Crippen LogP contribution in [0.1, 0.15) is 25.7 Å². The molecule has 0 aromatic heterocycles. The first-order valence-electron chi connectivity index (χ1n) is 5.82. The third-order valence-corrected chi connectivity index (χ3v) is 3.94. The first kappa shape index (κ1) is 10.4. The van der Waals surface area contributed by atoms with Crippen molar-refractivity contribution >= 4 is 0 Å². The van der Waals surface area contributed by atoms with E-state index >= 15 is 0 Å². The summed E-state index contributed by atoms with van der Waals surface area (Å²) in [5.41, 5.74) is 5.87. The molecule has 2 unspecified atom stereocenters. The molecule has 2 rings (SSSR count). The number of nitrogens with two attached hydrogens (primary N) is 1. The monoisotopic (exact) mass is 198 g/mol. The molecule has 1 aliphatic carbocycles. The zero-order valence-corrected chi connectivity index (χ0v) is 9.11. The van der Waals surface area contributed by atoms with Crippen LogP contribution in [0.2, 0.25) is 0 Å². The lowest BCUT2D eigenvalue weighted by Gasteiger charge is -2.41. The average Bonchev–Trinajstić information content (AvgIpc) is 2.62. The van der Waals surface area contributed by atoms with Gasteiger partial charge in [-0.25, -0.2) is 0 Å². The van der Waals surface area contributed by atoms with Crippen molar-refractivity contribution in [3.8, 4) is 0 Å². The third-order valence-electron chi connectivity index (χ3n) is 3.94. The fraction of sp³-hybridized carbons (Fsp3) is 1.00. The second-order valence-electron chi connectivity index (χ2n) is 4.68. The smallest absolute Gasteiger partial charge is 0.0622 e. The normalized spacial score (nSPS) is 30.6. The molecule has 0 aromatic rings. The van der Waals surface area contributed by atoms with Gasteiger partial charge in [-0.05, 0) is 32.2 Å². The van der Waals surface area contributed by atoms with Crippen molar-refractivity contribution in [1.82, 2.24) is 4.90 Å². The maximum atomic E-state index is 5.87. The van der Waals surface area contributed by atoms with E-state index in [-0.39, 0.29) is 0 Å². The maximum Gasteiger partial charge on any atom is 0.0622 e. The Bertz CT molecular complexity index is 176. The standard InChI is InChI=1S/C11H22N2O/c1-13(10-5-6-14-8-10)11(7-12)9-3-2-4-9/h9-11H,2-8,12H2,1H3. The molecule has 2 atom stereocenters. The van der Waals surface area contributed by atoms with Crippen LogP contribution in [0.5, 0.6) is 0 Å². The number of rotatable bonds is 4. The summed E-state index contributed by atoms with van der Waals surface area (Å²) in [6.45, 7) is 2.63. The Morgan fingerprint density at radius 2 is 2.21 bits per heavy atom. The summed E-state index contributed by atoms with van der Waals surface area (Å²) >= 11 is 0. The minimum Gasteiger partial charge on any atom is -0.380 e. The molecule has 3 heteroatoms. The van der Waals surface area contributed by atoms with Gasteiger partial charge in [0.25, 0.3) is 0 Å². The van der Waals surface area contributed by atoms with Gasteiger partial charge in [0, 0.05) is 25.2 Å². The van der Waals surface area contributed by atoms with E-state index in [9.17, 15) is 0 Å². The number of hydrogen-bond donors (Lipinski definition) is 1. The van der Waals surface area contributed by atoms with Crippen LogP contribution in [-0.4, -0.2) is 43.8 Å². The highest BCUT2D eigenvalue weighted by atomic mass is 16.5. The number of nitrogens with zero attached hydrogens (tertiary/aromatic N) is 1. The fourth-order valence-corrected chi connectivity index (χ4v) is 2.63. The van der Waals surface area contributed by atoms with Crippen molar-refractivity contribution in [3.63, 3.8) is 0 Å². The molecule has 3 nitrogen and oxygen atoms in total. The minimum atomic E-state index is 0.593. The van der Waals surface area contributed by atoms with Gasteiger partial charge in [-0.15, -0.1) is 0 Å². The lowest BCUT2D eigenvalue weighted by atomic mass is 9.79. The Morgan fingerprint density at radius 3 is 2.64 bits per heavy atom. The van der Waals surface area contributed by atoms with E-state index in [1.807, 2.05) is 0 Å². The Hall–Kier alpha value is -0.120. The van der Waals surface area contributed by atoms with E-state index in [0.29, 0.717) is 12.1 Å². The minimum absolute atomic E-state index is 0.593. The van der Waals surface area contributed by atoms with E-state index in [1.54, 1.807) is 0 Å². The lowest BCUT2D eigenvalue weighted by molar-refractivity contribution is 0.0769. The van der Waals surface area contributed by atoms with Gasteiger partial charge in [-0.3, -0.25) is 4.90 Å². The molecule has 82 valence electrons. The Morgan fingerprint density at radius 1 is 1.43 bits per heavy atom. The van der Waals surface area contributed by atoms with Gasteiger partial charge in [-0.1, -0.05) is 6.42 Å². The predicted octanol–water partition coefficient (Wildman–Crippen LogP) is 0.834. The van der Waals surface area contributed by atoms with Crippen molar-refractivity contribution in [2.75, 3.05) is 26.8 Å². The number of ether oxygens (including phenoxy) is 1. The summed E-state index contributed by atoms with van der Waals surface area (Å²) in [5.74, 6) is 0.852. The van der Waals surface area contributed by atoms with Gasteiger partial charge in [0.1, 0.15) is 0 Å². The lowest BCUT2D eigenvalue weighted by Crippen LogP contribution is -2.50. The van der Waals surface area contributed by atoms with Crippen LogP contribution < -0.4 is 5.73 Å². The largest absolute Gasteiger partial charge is 0.380 e. The SMILES string of the molecule is CN(C1CCOC1)C(CN)C1CCC1. The molecule has 2 N–H and O–H groups in total. The summed E-state index contributed by atoms with van der Waals surface area (Å²) in [4.78, 5) is 2.47. The van der Waals surface area contributed by atoms with Crippen molar-refractivity contribution in [3.05, 3.63) is 0 Å². The van der Waals surface area contributed by atoms with Crippen LogP contribution in [0.3, 0.4) is 0 Å². The van der Waals surface area contributed by atoms with Gasteiger partial charge in [0.05, 0.1) is 6.61 Å². The fourth-order valence-electron chi connectivity index (χ4n) is 2.63.